The van der Waals surface area contributed by atoms with Crippen molar-refractivity contribution in [2.24, 2.45) is 4.99 Å². The normalized spacial score (nSPS) is 13.8. The fourth-order valence-electron chi connectivity index (χ4n) is 3.59. The second kappa shape index (κ2) is 9.98. The summed E-state index contributed by atoms with van der Waals surface area (Å²) >= 11 is 1.16. The van der Waals surface area contributed by atoms with Crippen molar-refractivity contribution in [3.05, 3.63) is 58.9 Å². The summed E-state index contributed by atoms with van der Waals surface area (Å²) < 4.78 is 29.3. The van der Waals surface area contributed by atoms with E-state index < -0.39 is 10.0 Å². The summed E-state index contributed by atoms with van der Waals surface area (Å²) in [7, 11) is -3.78. The smallest absolute Gasteiger partial charge is 0.262 e. The standard InChI is InChI=1S/C23H25N5O4S2/c1-15(2)28-22(30)18-9-3-4-10-19(18)26-23(28)33-14-21(29)25-16-7-5-8-17(13-16)34(31,32)27-20-11-6-12-24-20/h3-5,7-10,13,15H,6,11-12,14H2,1-2H3,(H,24,27)(H,25,29). The van der Waals surface area contributed by atoms with Crippen LogP contribution < -0.4 is 15.6 Å². The second-order valence-corrected chi connectivity index (χ2v) is 10.7. The van der Waals surface area contributed by atoms with Crippen molar-refractivity contribution in [2.45, 2.75) is 42.8 Å². The molecule has 34 heavy (non-hydrogen) atoms. The van der Waals surface area contributed by atoms with Crippen molar-refractivity contribution in [1.29, 1.82) is 0 Å². The maximum absolute atomic E-state index is 12.9. The summed E-state index contributed by atoms with van der Waals surface area (Å²) in [5, 5.41) is 3.70. The molecule has 4 rings (SSSR count). The highest BCUT2D eigenvalue weighted by Gasteiger charge is 2.19. The number of amidine groups is 1. The molecular weight excluding hydrogens is 474 g/mol. The maximum atomic E-state index is 12.9. The van der Waals surface area contributed by atoms with Crippen molar-refractivity contribution < 1.29 is 13.2 Å². The largest absolute Gasteiger partial charge is 0.325 e. The number of carbonyl (C=O) groups is 1. The molecule has 0 unspecified atom stereocenters. The van der Waals surface area contributed by atoms with Crippen molar-refractivity contribution in [3.8, 4) is 0 Å². The number of fused-ring (bicyclic) bond motifs is 1. The van der Waals surface area contributed by atoms with E-state index in [0.29, 0.717) is 40.5 Å². The van der Waals surface area contributed by atoms with Crippen LogP contribution >= 0.6 is 11.8 Å². The highest BCUT2D eigenvalue weighted by molar-refractivity contribution is 7.99. The summed E-state index contributed by atoms with van der Waals surface area (Å²) in [4.78, 5) is 34.3. The summed E-state index contributed by atoms with van der Waals surface area (Å²) in [5.41, 5.74) is 0.778. The zero-order valence-electron chi connectivity index (χ0n) is 18.8. The van der Waals surface area contributed by atoms with Crippen LogP contribution in [0.5, 0.6) is 0 Å². The van der Waals surface area contributed by atoms with Crippen LogP contribution in [0.2, 0.25) is 0 Å². The van der Waals surface area contributed by atoms with Gasteiger partial charge in [0, 0.05) is 24.7 Å². The molecule has 1 aromatic heterocycles. The highest BCUT2D eigenvalue weighted by atomic mass is 32.2. The average Bonchev–Trinajstić information content (AvgIpc) is 3.30. The van der Waals surface area contributed by atoms with Gasteiger partial charge in [0.1, 0.15) is 5.84 Å². The third-order valence-corrected chi connectivity index (χ3v) is 7.51. The first-order valence-electron chi connectivity index (χ1n) is 10.8. The Hall–Kier alpha value is -3.18. The monoisotopic (exact) mass is 499 g/mol. The van der Waals surface area contributed by atoms with Crippen LogP contribution in [0.1, 0.15) is 32.7 Å². The fourth-order valence-corrected chi connectivity index (χ4v) is 5.65. The molecule has 178 valence electrons. The van der Waals surface area contributed by atoms with E-state index >= 15 is 0 Å². The van der Waals surface area contributed by atoms with Crippen LogP contribution in [0.15, 0.2) is 68.4 Å². The number of sulfonamides is 1. The Morgan fingerprint density at radius 3 is 2.71 bits per heavy atom. The molecule has 0 bridgehead atoms. The van der Waals surface area contributed by atoms with Gasteiger partial charge in [-0.25, -0.2) is 13.4 Å². The first kappa shape index (κ1) is 24.0. The van der Waals surface area contributed by atoms with Gasteiger partial charge in [-0.05, 0) is 50.6 Å². The zero-order valence-corrected chi connectivity index (χ0v) is 20.4. The molecule has 0 saturated carbocycles. The van der Waals surface area contributed by atoms with Crippen molar-refractivity contribution in [2.75, 3.05) is 17.6 Å². The number of nitrogens with one attached hydrogen (secondary N) is 2. The minimum atomic E-state index is -3.78. The Labute approximate surface area is 201 Å². The summed E-state index contributed by atoms with van der Waals surface area (Å²) in [6.45, 7) is 4.39. The molecule has 1 aliphatic heterocycles. The van der Waals surface area contributed by atoms with E-state index in [1.807, 2.05) is 19.9 Å². The van der Waals surface area contributed by atoms with Gasteiger partial charge in [-0.3, -0.25) is 23.9 Å². The van der Waals surface area contributed by atoms with Crippen molar-refractivity contribution in [3.63, 3.8) is 0 Å². The average molecular weight is 500 g/mol. The molecule has 0 saturated heterocycles. The number of anilines is 1. The lowest BCUT2D eigenvalue weighted by atomic mass is 10.2. The summed E-state index contributed by atoms with van der Waals surface area (Å²) in [5.74, 6) is 0.110. The van der Waals surface area contributed by atoms with E-state index in [1.54, 1.807) is 34.9 Å². The van der Waals surface area contributed by atoms with Gasteiger partial charge in [0.2, 0.25) is 5.91 Å². The van der Waals surface area contributed by atoms with Gasteiger partial charge in [0.05, 0.1) is 21.6 Å². The lowest BCUT2D eigenvalue weighted by Crippen LogP contribution is -2.29. The van der Waals surface area contributed by atoms with Crippen LogP contribution in [0.4, 0.5) is 5.69 Å². The number of rotatable bonds is 7. The molecule has 3 aromatic rings. The number of carbonyl (C=O) groups excluding carboxylic acids is 1. The van der Waals surface area contributed by atoms with Crippen LogP contribution in [-0.2, 0) is 14.8 Å². The summed E-state index contributed by atoms with van der Waals surface area (Å²) in [6.07, 6.45) is 1.42. The minimum Gasteiger partial charge on any atom is -0.325 e. The van der Waals surface area contributed by atoms with Gasteiger partial charge in [-0.2, -0.15) is 0 Å². The molecule has 2 N–H and O–H groups in total. The number of nitrogens with zero attached hydrogens (tertiary/aromatic N) is 3. The fraction of sp³-hybridized carbons (Fsp3) is 0.304. The molecule has 0 fully saturated rings. The predicted molar refractivity (Wildman–Crippen MR) is 134 cm³/mol. The lowest BCUT2D eigenvalue weighted by molar-refractivity contribution is -0.113. The Morgan fingerprint density at radius 1 is 1.18 bits per heavy atom. The van der Waals surface area contributed by atoms with Crippen LogP contribution in [0.25, 0.3) is 10.9 Å². The Kier molecular flexibility index (Phi) is 7.03. The number of hydrogen-bond acceptors (Lipinski definition) is 7. The molecule has 0 aliphatic carbocycles. The Morgan fingerprint density at radius 2 is 1.97 bits per heavy atom. The number of aliphatic imine (C=N–C) groups is 1. The minimum absolute atomic E-state index is 0.00351. The molecule has 0 radical (unpaired) electrons. The number of amides is 1. The van der Waals surface area contributed by atoms with Crippen LogP contribution in [-0.4, -0.2) is 42.0 Å². The van der Waals surface area contributed by atoms with Crippen molar-refractivity contribution >= 4 is 50.1 Å². The third-order valence-electron chi connectivity index (χ3n) is 5.18. The topological polar surface area (TPSA) is 123 Å². The predicted octanol–water partition coefficient (Wildman–Crippen LogP) is 3.18. The summed E-state index contributed by atoms with van der Waals surface area (Å²) in [6, 6.07) is 13.0. The zero-order chi connectivity index (χ0) is 24.3. The second-order valence-electron chi connectivity index (χ2n) is 8.08. The van der Waals surface area contributed by atoms with Gasteiger partial charge >= 0.3 is 0 Å². The molecule has 0 spiro atoms. The van der Waals surface area contributed by atoms with Crippen LogP contribution in [0.3, 0.4) is 0 Å². The number of hydrogen-bond donors (Lipinski definition) is 2. The number of benzene rings is 2. The quantitative estimate of drug-likeness (QED) is 0.380. The van der Waals surface area contributed by atoms with Crippen molar-refractivity contribution in [1.82, 2.24) is 14.3 Å². The molecule has 2 aromatic carbocycles. The molecule has 1 amide bonds. The number of para-hydroxylation sites is 1. The van der Waals surface area contributed by atoms with Crippen LogP contribution in [0, 0.1) is 0 Å². The maximum Gasteiger partial charge on any atom is 0.262 e. The molecule has 1 aliphatic rings. The van der Waals surface area contributed by atoms with Gasteiger partial charge < -0.3 is 5.32 Å². The lowest BCUT2D eigenvalue weighted by Gasteiger charge is -2.16. The molecule has 9 nitrogen and oxygen atoms in total. The third kappa shape index (κ3) is 5.31. The van der Waals surface area contributed by atoms with E-state index in [-0.39, 0.29) is 28.2 Å². The number of aromatic nitrogens is 2. The van der Waals surface area contributed by atoms with E-state index in [9.17, 15) is 18.0 Å². The first-order valence-corrected chi connectivity index (χ1v) is 13.3. The highest BCUT2D eigenvalue weighted by Crippen LogP contribution is 2.22. The Balaban J connectivity index is 1.48. The molecule has 2 heterocycles. The van der Waals surface area contributed by atoms with E-state index in [0.717, 1.165) is 18.2 Å². The van der Waals surface area contributed by atoms with E-state index in [1.165, 1.54) is 12.1 Å². The first-order chi connectivity index (χ1) is 16.2. The van der Waals surface area contributed by atoms with Gasteiger partial charge in [-0.1, -0.05) is 30.0 Å². The SMILES string of the molecule is CC(C)n1c(SCC(=O)Nc2cccc(S(=O)(=O)NC3=NCCC3)c2)nc2ccccc2c1=O. The molecule has 11 heteroatoms. The van der Waals surface area contributed by atoms with Gasteiger partial charge in [0.25, 0.3) is 15.6 Å². The number of thioether (sulfide) groups is 1. The molecule has 0 atom stereocenters. The Bertz CT molecular complexity index is 1430. The van der Waals surface area contributed by atoms with E-state index in [4.69, 9.17) is 0 Å². The molecular formula is C23H25N5O4S2. The van der Waals surface area contributed by atoms with Gasteiger partial charge in [-0.15, -0.1) is 0 Å². The van der Waals surface area contributed by atoms with Gasteiger partial charge in [0.15, 0.2) is 5.16 Å². The van der Waals surface area contributed by atoms with E-state index in [2.05, 4.69) is 20.0 Å².